The van der Waals surface area contributed by atoms with E-state index in [0.29, 0.717) is 50.9 Å². The van der Waals surface area contributed by atoms with E-state index in [9.17, 15) is 27.1 Å². The molecule has 0 bridgehead atoms. The zero-order chi connectivity index (χ0) is 45.3. The van der Waals surface area contributed by atoms with Crippen LogP contribution < -0.4 is 4.18 Å². The van der Waals surface area contributed by atoms with Crippen molar-refractivity contribution in [3.05, 3.63) is 154 Å². The van der Waals surface area contributed by atoms with E-state index in [1.807, 2.05) is 13.8 Å². The Morgan fingerprint density at radius 1 is 0.508 bits per heavy atom. The minimum Gasteiger partial charge on any atom is -0.478 e. The van der Waals surface area contributed by atoms with Crippen LogP contribution in [0.1, 0.15) is 54.1 Å². The highest BCUT2D eigenvalue weighted by Gasteiger charge is 2.16. The molecule has 0 unspecified atom stereocenters. The smallest absolute Gasteiger partial charge is 0.335 e. The highest BCUT2D eigenvalue weighted by Crippen LogP contribution is 2.35. The molecule has 0 spiro atoms. The summed E-state index contributed by atoms with van der Waals surface area (Å²) < 4.78 is 50.1. The third kappa shape index (κ3) is 11.8. The molecule has 63 heavy (non-hydrogen) atoms. The molecule has 0 atom stereocenters. The van der Waals surface area contributed by atoms with Crippen LogP contribution in [0.15, 0.2) is 155 Å². The first-order chi connectivity index (χ1) is 30.1. The van der Waals surface area contributed by atoms with Crippen LogP contribution >= 0.6 is 12.3 Å². The molecule has 0 amide bonds. The average Bonchev–Trinajstić information content (AvgIpc) is 3.25. The second kappa shape index (κ2) is 19.9. The molecule has 0 fully saturated rings. The predicted molar refractivity (Wildman–Crippen MR) is 238 cm³/mol. The lowest BCUT2D eigenvalue weighted by Crippen LogP contribution is -2.00. The fourth-order valence-electron chi connectivity index (χ4n) is 5.75. The SMILES string of the molecule is Cc1cc(/N=N\c2ccc(/C=C\c3ccc(/N=N\c4cc(C)c(/N=N\c5ccc(C(=O)O)cc5)cc4C)cc3S(=O)(=O)O)c(OSO)c2)c(C)cc1/N=N\c1ccc(C(=O)O)cc1. The quantitative estimate of drug-likeness (QED) is 0.0328. The summed E-state index contributed by atoms with van der Waals surface area (Å²) in [6, 6.07) is 28.1. The van der Waals surface area contributed by atoms with E-state index in [0.717, 1.165) is 16.7 Å². The van der Waals surface area contributed by atoms with Gasteiger partial charge in [-0.05, 0) is 153 Å². The van der Waals surface area contributed by atoms with Crippen LogP contribution in [0.2, 0.25) is 0 Å². The first kappa shape index (κ1) is 45.0. The molecule has 19 heteroatoms. The van der Waals surface area contributed by atoms with E-state index in [4.69, 9.17) is 14.4 Å². The van der Waals surface area contributed by atoms with Crippen LogP contribution in [0.4, 0.5) is 45.5 Å². The number of carboxylic acids is 2. The maximum absolute atomic E-state index is 12.5. The van der Waals surface area contributed by atoms with Crippen LogP contribution in [0.3, 0.4) is 0 Å². The maximum atomic E-state index is 12.5. The number of rotatable bonds is 15. The number of carbonyl (C=O) groups is 2. The molecule has 6 rings (SSSR count). The molecule has 0 aromatic heterocycles. The Labute approximate surface area is 365 Å². The number of azo groups is 4. The van der Waals surface area contributed by atoms with Gasteiger partial charge in [-0.25, -0.2) is 9.59 Å². The Balaban J connectivity index is 1.17. The lowest BCUT2D eigenvalue weighted by molar-refractivity contribution is 0.0686. The van der Waals surface area contributed by atoms with Crippen molar-refractivity contribution in [1.29, 1.82) is 0 Å². The van der Waals surface area contributed by atoms with Crippen molar-refractivity contribution < 1.29 is 41.5 Å². The van der Waals surface area contributed by atoms with Crippen LogP contribution in [0.25, 0.3) is 12.2 Å². The van der Waals surface area contributed by atoms with Crippen molar-refractivity contribution in [3.63, 3.8) is 0 Å². The highest BCUT2D eigenvalue weighted by molar-refractivity contribution is 7.89. The minimum absolute atomic E-state index is 0.106. The van der Waals surface area contributed by atoms with E-state index >= 15 is 0 Å². The standard InChI is InChI=1S/C44H36N8O9S2/c1-25-21-39(27(3)19-37(25)49-45-33-13-9-31(10-14-33)43(53)54)51-47-35-17-7-29(41(23-35)61-62-57)5-6-30-8-18-36(24-42(30)63(58,59)60)48-52-40-22-26(2)38(20-28(40)4)50-46-34-15-11-32(12-16-34)44(55)56/h5-24,57H,1-4H3,(H,53,54)(H,55,56)(H,58,59,60)/b6-5-,49-45-,50-46-,51-47-,52-48-. The number of hydrogen-bond acceptors (Lipinski definition) is 15. The lowest BCUT2D eigenvalue weighted by Gasteiger charge is -2.08. The van der Waals surface area contributed by atoms with Gasteiger partial charge in [-0.3, -0.25) is 9.11 Å². The number of hydrogen-bond donors (Lipinski definition) is 4. The Bertz CT molecular complexity index is 2990. The zero-order valence-electron chi connectivity index (χ0n) is 33.8. The van der Waals surface area contributed by atoms with Crippen LogP contribution in [0.5, 0.6) is 5.75 Å². The number of aryl methyl sites for hydroxylation is 4. The van der Waals surface area contributed by atoms with Gasteiger partial charge in [0.2, 0.25) is 12.3 Å². The molecule has 0 aliphatic rings. The molecule has 0 aliphatic heterocycles. The molecule has 17 nitrogen and oxygen atoms in total. The van der Waals surface area contributed by atoms with Crippen LogP contribution in [-0.2, 0) is 10.1 Å². The number of aromatic carboxylic acids is 2. The third-order valence-electron chi connectivity index (χ3n) is 9.19. The summed E-state index contributed by atoms with van der Waals surface area (Å²) in [6.45, 7) is 7.27. The van der Waals surface area contributed by atoms with E-state index < -0.39 is 27.0 Å². The summed E-state index contributed by atoms with van der Waals surface area (Å²) in [5, 5.41) is 52.4. The van der Waals surface area contributed by atoms with Gasteiger partial charge in [0.05, 0.1) is 56.6 Å². The van der Waals surface area contributed by atoms with E-state index in [-0.39, 0.29) is 40.5 Å². The van der Waals surface area contributed by atoms with Crippen LogP contribution in [-0.4, -0.2) is 39.7 Å². The van der Waals surface area contributed by atoms with Gasteiger partial charge < -0.3 is 14.4 Å². The van der Waals surface area contributed by atoms with Gasteiger partial charge in [-0.2, -0.15) is 49.3 Å². The van der Waals surface area contributed by atoms with Gasteiger partial charge >= 0.3 is 11.9 Å². The summed E-state index contributed by atoms with van der Waals surface area (Å²) in [6.07, 6.45) is 2.99. The number of nitrogens with zero attached hydrogens (tertiary/aromatic N) is 8. The van der Waals surface area contributed by atoms with Crippen molar-refractivity contribution in [1.82, 2.24) is 0 Å². The Hall–Kier alpha value is -7.58. The van der Waals surface area contributed by atoms with Gasteiger partial charge in [0.15, 0.2) is 0 Å². The zero-order valence-corrected chi connectivity index (χ0v) is 35.4. The van der Waals surface area contributed by atoms with Gasteiger partial charge in [0.25, 0.3) is 10.1 Å². The van der Waals surface area contributed by atoms with Crippen LogP contribution in [0, 0.1) is 27.7 Å². The molecule has 6 aromatic carbocycles. The molecule has 0 radical (unpaired) electrons. The second-order valence-electron chi connectivity index (χ2n) is 13.8. The summed E-state index contributed by atoms with van der Waals surface area (Å²) in [5.74, 6) is -1.89. The van der Waals surface area contributed by atoms with E-state index in [1.165, 1.54) is 60.7 Å². The lowest BCUT2D eigenvalue weighted by atomic mass is 10.1. The minimum atomic E-state index is -4.73. The second-order valence-corrected chi connectivity index (χ2v) is 15.5. The molecular formula is C44H36N8O9S2. The number of carboxylic acid groups (broad SMARTS) is 2. The van der Waals surface area contributed by atoms with Gasteiger partial charge in [0.1, 0.15) is 10.6 Å². The number of benzene rings is 6. The summed E-state index contributed by atoms with van der Waals surface area (Å²) in [7, 11) is -4.73. The average molecular weight is 885 g/mol. The molecular weight excluding hydrogens is 849 g/mol. The predicted octanol–water partition coefficient (Wildman–Crippen LogP) is 13.9. The Morgan fingerprint density at radius 2 is 0.857 bits per heavy atom. The topological polar surface area (TPSA) is 257 Å². The van der Waals surface area contributed by atoms with E-state index in [2.05, 4.69) is 40.9 Å². The van der Waals surface area contributed by atoms with Crippen molar-refractivity contribution in [2.45, 2.75) is 32.6 Å². The summed E-state index contributed by atoms with van der Waals surface area (Å²) >= 11 is 0.106. The molecule has 318 valence electrons. The van der Waals surface area contributed by atoms with Gasteiger partial charge in [-0.15, -0.1) is 0 Å². The Morgan fingerprint density at radius 3 is 1.24 bits per heavy atom. The van der Waals surface area contributed by atoms with E-state index in [1.54, 1.807) is 74.5 Å². The summed E-state index contributed by atoms with van der Waals surface area (Å²) in [4.78, 5) is 21.8. The molecule has 6 aromatic rings. The van der Waals surface area contributed by atoms with Gasteiger partial charge in [0, 0.05) is 11.6 Å². The monoisotopic (exact) mass is 884 g/mol. The third-order valence-corrected chi connectivity index (χ3v) is 10.4. The van der Waals surface area contributed by atoms with Crippen molar-refractivity contribution in [2.75, 3.05) is 0 Å². The van der Waals surface area contributed by atoms with Crippen molar-refractivity contribution in [2.24, 2.45) is 40.9 Å². The fraction of sp³-hybridized carbons (Fsp3) is 0.0909. The normalized spacial score (nSPS) is 12.1. The first-order valence-corrected chi connectivity index (χ1v) is 20.7. The first-order valence-electron chi connectivity index (χ1n) is 18.6. The largest absolute Gasteiger partial charge is 0.478 e. The van der Waals surface area contributed by atoms with Crippen molar-refractivity contribution in [3.8, 4) is 5.75 Å². The molecule has 0 aliphatic carbocycles. The molecule has 0 saturated carbocycles. The molecule has 0 saturated heterocycles. The maximum Gasteiger partial charge on any atom is 0.335 e. The van der Waals surface area contributed by atoms with Crippen molar-refractivity contribution >= 4 is 92.0 Å². The molecule has 4 N–H and O–H groups in total. The Kier molecular flexibility index (Phi) is 14.2. The fourth-order valence-corrected chi connectivity index (χ4v) is 6.68. The van der Waals surface area contributed by atoms with Gasteiger partial charge in [-0.1, -0.05) is 18.2 Å². The summed E-state index contributed by atoms with van der Waals surface area (Å²) in [5.41, 5.74) is 7.49. The highest BCUT2D eigenvalue weighted by atomic mass is 32.2. The molecule has 0 heterocycles.